The highest BCUT2D eigenvalue weighted by atomic mass is 35.5. The third kappa shape index (κ3) is 3.62. The summed E-state index contributed by atoms with van der Waals surface area (Å²) >= 11 is 5.72. The van der Waals surface area contributed by atoms with Crippen molar-refractivity contribution >= 4 is 17.7 Å². The molecular formula is C13H16ClNO3. The molecule has 1 aromatic rings. The molecule has 0 aliphatic carbocycles. The molecule has 2 rings (SSSR count). The second kappa shape index (κ2) is 6.61. The standard InChI is InChI=1S/C13H16ClNO3/c14-8-12-9-15(6-7-17-12)13(16)18-10-11-4-2-1-3-5-11/h1-5,12H,6-10H2/t12-/m1/s1. The van der Waals surface area contributed by atoms with E-state index in [9.17, 15) is 4.79 Å². The zero-order valence-corrected chi connectivity index (χ0v) is 10.8. The minimum absolute atomic E-state index is 0.0929. The zero-order chi connectivity index (χ0) is 12.8. The van der Waals surface area contributed by atoms with Gasteiger partial charge < -0.3 is 14.4 Å². The fraction of sp³-hybridized carbons (Fsp3) is 0.462. The number of halogens is 1. The van der Waals surface area contributed by atoms with Crippen LogP contribution in [-0.2, 0) is 16.1 Å². The lowest BCUT2D eigenvalue weighted by Crippen LogP contribution is -2.46. The Morgan fingerprint density at radius 1 is 1.44 bits per heavy atom. The number of ether oxygens (including phenoxy) is 2. The van der Waals surface area contributed by atoms with Gasteiger partial charge in [-0.3, -0.25) is 0 Å². The molecular weight excluding hydrogens is 254 g/mol. The van der Waals surface area contributed by atoms with Crippen LogP contribution in [-0.4, -0.2) is 42.7 Å². The van der Waals surface area contributed by atoms with Crippen LogP contribution in [0, 0.1) is 0 Å². The number of amides is 1. The highest BCUT2D eigenvalue weighted by Crippen LogP contribution is 2.09. The quantitative estimate of drug-likeness (QED) is 0.790. The molecule has 98 valence electrons. The first kappa shape index (κ1) is 13.2. The fourth-order valence-corrected chi connectivity index (χ4v) is 1.98. The Balaban J connectivity index is 1.81. The second-order valence-corrected chi connectivity index (χ2v) is 4.44. The number of carbonyl (C=O) groups is 1. The summed E-state index contributed by atoms with van der Waals surface area (Å²) in [6.07, 6.45) is -0.401. The molecule has 0 spiro atoms. The lowest BCUT2D eigenvalue weighted by Gasteiger charge is -2.31. The summed E-state index contributed by atoms with van der Waals surface area (Å²) in [4.78, 5) is 13.5. The maximum Gasteiger partial charge on any atom is 0.410 e. The van der Waals surface area contributed by atoms with E-state index in [-0.39, 0.29) is 12.2 Å². The van der Waals surface area contributed by atoms with Crippen molar-refractivity contribution < 1.29 is 14.3 Å². The Hall–Kier alpha value is -1.26. The van der Waals surface area contributed by atoms with Crippen LogP contribution in [0.2, 0.25) is 0 Å². The Morgan fingerprint density at radius 2 is 2.22 bits per heavy atom. The number of rotatable bonds is 3. The molecule has 1 aliphatic heterocycles. The molecule has 5 heteroatoms. The Kier molecular flexibility index (Phi) is 4.84. The predicted octanol–water partition coefficient (Wildman–Crippen LogP) is 2.26. The number of nitrogens with zero attached hydrogens (tertiary/aromatic N) is 1. The molecule has 1 aliphatic rings. The van der Waals surface area contributed by atoms with E-state index in [0.717, 1.165) is 5.56 Å². The van der Waals surface area contributed by atoms with Gasteiger partial charge in [0.15, 0.2) is 0 Å². The second-order valence-electron chi connectivity index (χ2n) is 4.13. The summed E-state index contributed by atoms with van der Waals surface area (Å²) in [5, 5.41) is 0. The SMILES string of the molecule is O=C(OCc1ccccc1)N1CCO[C@H](CCl)C1. The molecule has 1 atom stereocenters. The van der Waals surface area contributed by atoms with Crippen molar-refractivity contribution in [2.24, 2.45) is 0 Å². The normalized spacial score (nSPS) is 19.6. The molecule has 18 heavy (non-hydrogen) atoms. The van der Waals surface area contributed by atoms with Crippen LogP contribution >= 0.6 is 11.6 Å². The smallest absolute Gasteiger partial charge is 0.410 e. The lowest BCUT2D eigenvalue weighted by atomic mass is 10.2. The summed E-state index contributed by atoms with van der Waals surface area (Å²) in [5.41, 5.74) is 0.980. The number of hydrogen-bond acceptors (Lipinski definition) is 3. The predicted molar refractivity (Wildman–Crippen MR) is 68.7 cm³/mol. The van der Waals surface area contributed by atoms with E-state index in [1.54, 1.807) is 4.90 Å². The summed E-state index contributed by atoms with van der Waals surface area (Å²) in [7, 11) is 0. The summed E-state index contributed by atoms with van der Waals surface area (Å²) in [5.74, 6) is 0.391. The van der Waals surface area contributed by atoms with Gasteiger partial charge in [0.05, 0.1) is 25.1 Å². The summed E-state index contributed by atoms with van der Waals surface area (Å²) in [6, 6.07) is 9.61. The van der Waals surface area contributed by atoms with E-state index in [1.807, 2.05) is 30.3 Å². The first-order valence-electron chi connectivity index (χ1n) is 5.93. The molecule has 0 saturated carbocycles. The highest BCUT2D eigenvalue weighted by molar-refractivity contribution is 6.18. The van der Waals surface area contributed by atoms with Crippen LogP contribution in [0.1, 0.15) is 5.56 Å². The van der Waals surface area contributed by atoms with E-state index >= 15 is 0 Å². The highest BCUT2D eigenvalue weighted by Gasteiger charge is 2.24. The van der Waals surface area contributed by atoms with Crippen molar-refractivity contribution in [3.05, 3.63) is 35.9 Å². The minimum Gasteiger partial charge on any atom is -0.445 e. The van der Waals surface area contributed by atoms with Gasteiger partial charge in [0.1, 0.15) is 6.61 Å². The lowest BCUT2D eigenvalue weighted by molar-refractivity contribution is -0.0177. The molecule has 1 fully saturated rings. The van der Waals surface area contributed by atoms with Crippen molar-refractivity contribution in [2.75, 3.05) is 25.6 Å². The maximum atomic E-state index is 11.8. The number of alkyl halides is 1. The number of carbonyl (C=O) groups excluding carboxylic acids is 1. The van der Waals surface area contributed by atoms with Crippen molar-refractivity contribution in [3.8, 4) is 0 Å². The van der Waals surface area contributed by atoms with Crippen LogP contribution in [0.4, 0.5) is 4.79 Å². The molecule has 0 unspecified atom stereocenters. The van der Waals surface area contributed by atoms with Crippen molar-refractivity contribution in [1.29, 1.82) is 0 Å². The fourth-order valence-electron chi connectivity index (χ4n) is 1.79. The molecule has 1 aromatic carbocycles. The molecule has 0 radical (unpaired) electrons. The Bertz CT molecular complexity index is 385. The van der Waals surface area contributed by atoms with Crippen LogP contribution in [0.25, 0.3) is 0 Å². The average Bonchev–Trinajstić information content (AvgIpc) is 2.46. The van der Waals surface area contributed by atoms with Crippen molar-refractivity contribution in [3.63, 3.8) is 0 Å². The molecule has 1 heterocycles. The van der Waals surface area contributed by atoms with Crippen LogP contribution in [0.5, 0.6) is 0 Å². The van der Waals surface area contributed by atoms with Gasteiger partial charge in [0.25, 0.3) is 0 Å². The van der Waals surface area contributed by atoms with Crippen molar-refractivity contribution in [2.45, 2.75) is 12.7 Å². The molecule has 0 bridgehead atoms. The van der Waals surface area contributed by atoms with Crippen LogP contribution in [0.15, 0.2) is 30.3 Å². The molecule has 0 N–H and O–H groups in total. The number of hydrogen-bond donors (Lipinski definition) is 0. The van der Waals surface area contributed by atoms with E-state index in [0.29, 0.717) is 32.2 Å². The van der Waals surface area contributed by atoms with E-state index in [1.165, 1.54) is 0 Å². The first-order valence-corrected chi connectivity index (χ1v) is 6.46. The molecule has 1 saturated heterocycles. The molecule has 4 nitrogen and oxygen atoms in total. The van der Waals surface area contributed by atoms with Crippen molar-refractivity contribution in [1.82, 2.24) is 4.90 Å². The van der Waals surface area contributed by atoms with Gasteiger partial charge >= 0.3 is 6.09 Å². The van der Waals surface area contributed by atoms with E-state index in [2.05, 4.69) is 0 Å². The minimum atomic E-state index is -0.308. The summed E-state index contributed by atoms with van der Waals surface area (Å²) in [6.45, 7) is 1.86. The topological polar surface area (TPSA) is 38.8 Å². The number of morpholine rings is 1. The largest absolute Gasteiger partial charge is 0.445 e. The van der Waals surface area contributed by atoms with Gasteiger partial charge in [0.2, 0.25) is 0 Å². The van der Waals surface area contributed by atoms with Gasteiger partial charge in [0, 0.05) is 6.54 Å². The molecule has 1 amide bonds. The molecule has 0 aromatic heterocycles. The van der Waals surface area contributed by atoms with E-state index in [4.69, 9.17) is 21.1 Å². The van der Waals surface area contributed by atoms with Gasteiger partial charge in [-0.2, -0.15) is 0 Å². The van der Waals surface area contributed by atoms with Crippen LogP contribution in [0.3, 0.4) is 0 Å². The number of benzene rings is 1. The first-order chi connectivity index (χ1) is 8.79. The third-order valence-electron chi connectivity index (χ3n) is 2.77. The van der Waals surface area contributed by atoms with Gasteiger partial charge in [-0.1, -0.05) is 30.3 Å². The average molecular weight is 270 g/mol. The Morgan fingerprint density at radius 3 is 2.94 bits per heavy atom. The van der Waals surface area contributed by atoms with Gasteiger partial charge in [-0.05, 0) is 5.56 Å². The Labute approximate surface area is 111 Å². The van der Waals surface area contributed by atoms with Crippen LogP contribution < -0.4 is 0 Å². The maximum absolute atomic E-state index is 11.8. The van der Waals surface area contributed by atoms with Gasteiger partial charge in [-0.25, -0.2) is 4.79 Å². The summed E-state index contributed by atoms with van der Waals surface area (Å²) < 4.78 is 10.6. The zero-order valence-electron chi connectivity index (χ0n) is 10.0. The third-order valence-corrected chi connectivity index (χ3v) is 3.12. The monoisotopic (exact) mass is 269 g/mol. The van der Waals surface area contributed by atoms with E-state index < -0.39 is 0 Å². The van der Waals surface area contributed by atoms with Gasteiger partial charge in [-0.15, -0.1) is 11.6 Å².